The maximum atomic E-state index is 10.6. The molecule has 0 unspecified atom stereocenters. The summed E-state index contributed by atoms with van der Waals surface area (Å²) in [6.07, 6.45) is 1.66. The fraction of sp³-hybridized carbons (Fsp3) is 0.167. The first-order chi connectivity index (χ1) is 8.22. The molecule has 0 saturated carbocycles. The first-order valence-corrected chi connectivity index (χ1v) is 5.97. The van der Waals surface area contributed by atoms with E-state index < -0.39 is 5.97 Å². The SMILES string of the molecule is COc1cccc2c(SCC(=O)O)nccc12. The maximum Gasteiger partial charge on any atom is 0.313 e. The summed E-state index contributed by atoms with van der Waals surface area (Å²) in [7, 11) is 1.61. The van der Waals surface area contributed by atoms with Gasteiger partial charge in [0.25, 0.3) is 0 Å². The third kappa shape index (κ3) is 2.50. The molecule has 5 heteroatoms. The quantitative estimate of drug-likeness (QED) is 0.843. The molecule has 0 aliphatic rings. The second kappa shape index (κ2) is 5.05. The van der Waals surface area contributed by atoms with Gasteiger partial charge in [0.05, 0.1) is 12.9 Å². The maximum absolute atomic E-state index is 10.6. The lowest BCUT2D eigenvalue weighted by Crippen LogP contribution is -1.98. The normalized spacial score (nSPS) is 10.4. The smallest absolute Gasteiger partial charge is 0.313 e. The zero-order chi connectivity index (χ0) is 12.3. The van der Waals surface area contributed by atoms with Gasteiger partial charge in [-0.2, -0.15) is 0 Å². The van der Waals surface area contributed by atoms with Gasteiger partial charge in [-0.25, -0.2) is 4.98 Å². The van der Waals surface area contributed by atoms with Crippen LogP contribution in [0.4, 0.5) is 0 Å². The number of pyridine rings is 1. The summed E-state index contributed by atoms with van der Waals surface area (Å²) in [6, 6.07) is 7.51. The Bertz CT molecular complexity index is 556. The Labute approximate surface area is 103 Å². The van der Waals surface area contributed by atoms with E-state index in [2.05, 4.69) is 4.98 Å². The Morgan fingerprint density at radius 1 is 1.41 bits per heavy atom. The number of carbonyl (C=O) groups is 1. The number of carboxylic acids is 1. The largest absolute Gasteiger partial charge is 0.496 e. The number of carboxylic acid groups (broad SMARTS) is 1. The number of nitrogens with zero attached hydrogens (tertiary/aromatic N) is 1. The molecular formula is C12H11NO3S. The number of thioether (sulfide) groups is 1. The standard InChI is InChI=1S/C12H11NO3S/c1-16-10-4-2-3-9-8(10)5-6-13-12(9)17-7-11(14)15/h2-6H,7H2,1H3,(H,14,15). The van der Waals surface area contributed by atoms with Crippen molar-refractivity contribution in [3.8, 4) is 5.75 Å². The number of hydrogen-bond acceptors (Lipinski definition) is 4. The lowest BCUT2D eigenvalue weighted by atomic mass is 10.1. The van der Waals surface area contributed by atoms with Crippen LogP contribution in [0.25, 0.3) is 10.8 Å². The van der Waals surface area contributed by atoms with Gasteiger partial charge < -0.3 is 9.84 Å². The van der Waals surface area contributed by atoms with Crippen LogP contribution in [0.5, 0.6) is 5.75 Å². The fourth-order valence-electron chi connectivity index (χ4n) is 1.57. The van der Waals surface area contributed by atoms with Crippen LogP contribution in [-0.2, 0) is 4.79 Å². The average Bonchev–Trinajstić information content (AvgIpc) is 2.35. The molecule has 0 bridgehead atoms. The summed E-state index contributed by atoms with van der Waals surface area (Å²) >= 11 is 1.21. The van der Waals surface area contributed by atoms with E-state index in [0.717, 1.165) is 16.5 Å². The van der Waals surface area contributed by atoms with Crippen molar-refractivity contribution < 1.29 is 14.6 Å². The highest BCUT2D eigenvalue weighted by molar-refractivity contribution is 8.00. The van der Waals surface area contributed by atoms with Crippen molar-refractivity contribution in [2.75, 3.05) is 12.9 Å². The fourth-order valence-corrected chi connectivity index (χ4v) is 2.30. The molecule has 4 nitrogen and oxygen atoms in total. The minimum Gasteiger partial charge on any atom is -0.496 e. The zero-order valence-electron chi connectivity index (χ0n) is 9.21. The molecule has 0 spiro atoms. The molecule has 17 heavy (non-hydrogen) atoms. The minimum absolute atomic E-state index is 0.00330. The molecule has 0 saturated heterocycles. The van der Waals surface area contributed by atoms with E-state index in [9.17, 15) is 4.79 Å². The van der Waals surface area contributed by atoms with Crippen LogP contribution < -0.4 is 4.74 Å². The van der Waals surface area contributed by atoms with E-state index in [1.807, 2.05) is 24.3 Å². The molecule has 1 aromatic heterocycles. The predicted octanol–water partition coefficient (Wildman–Crippen LogP) is 2.42. The van der Waals surface area contributed by atoms with Crippen molar-refractivity contribution in [2.24, 2.45) is 0 Å². The summed E-state index contributed by atoms with van der Waals surface area (Å²) in [5.74, 6) is -0.0812. The highest BCUT2D eigenvalue weighted by Crippen LogP contribution is 2.31. The van der Waals surface area contributed by atoms with Crippen LogP contribution in [0.2, 0.25) is 0 Å². The van der Waals surface area contributed by atoms with Gasteiger partial charge in [-0.1, -0.05) is 23.9 Å². The molecule has 0 radical (unpaired) electrons. The Balaban J connectivity index is 2.46. The number of fused-ring (bicyclic) bond motifs is 1. The molecule has 88 valence electrons. The van der Waals surface area contributed by atoms with Crippen molar-refractivity contribution in [1.82, 2.24) is 4.98 Å². The monoisotopic (exact) mass is 249 g/mol. The van der Waals surface area contributed by atoms with Gasteiger partial charge in [0.1, 0.15) is 10.8 Å². The second-order valence-corrected chi connectivity index (χ2v) is 4.32. The summed E-state index contributed by atoms with van der Waals surface area (Å²) in [4.78, 5) is 14.8. The molecule has 1 heterocycles. The molecule has 0 aliphatic heterocycles. The van der Waals surface area contributed by atoms with Gasteiger partial charge in [-0.3, -0.25) is 4.79 Å². The van der Waals surface area contributed by atoms with Crippen molar-refractivity contribution in [1.29, 1.82) is 0 Å². The number of benzene rings is 1. The third-order valence-electron chi connectivity index (χ3n) is 2.28. The predicted molar refractivity (Wildman–Crippen MR) is 66.7 cm³/mol. The Morgan fingerprint density at radius 3 is 2.94 bits per heavy atom. The van der Waals surface area contributed by atoms with Crippen LogP contribution in [0, 0.1) is 0 Å². The van der Waals surface area contributed by atoms with Crippen molar-refractivity contribution in [3.05, 3.63) is 30.5 Å². The van der Waals surface area contributed by atoms with Crippen molar-refractivity contribution >= 4 is 28.5 Å². The molecular weight excluding hydrogens is 238 g/mol. The number of methoxy groups -OCH3 is 1. The van der Waals surface area contributed by atoms with Crippen molar-refractivity contribution in [2.45, 2.75) is 5.03 Å². The highest BCUT2D eigenvalue weighted by Gasteiger charge is 2.08. The molecule has 1 N–H and O–H groups in total. The van der Waals surface area contributed by atoms with E-state index in [1.165, 1.54) is 11.8 Å². The average molecular weight is 249 g/mol. The molecule has 0 atom stereocenters. The zero-order valence-corrected chi connectivity index (χ0v) is 10.0. The number of hydrogen-bond donors (Lipinski definition) is 1. The summed E-state index contributed by atoms with van der Waals surface area (Å²) in [5.41, 5.74) is 0. The van der Waals surface area contributed by atoms with Gasteiger partial charge in [0.15, 0.2) is 0 Å². The molecule has 0 aliphatic carbocycles. The molecule has 2 rings (SSSR count). The summed E-state index contributed by atoms with van der Waals surface area (Å²) in [6.45, 7) is 0. The first kappa shape index (κ1) is 11.7. The summed E-state index contributed by atoms with van der Waals surface area (Å²) < 4.78 is 5.25. The van der Waals surface area contributed by atoms with Crippen LogP contribution in [-0.4, -0.2) is 28.9 Å². The van der Waals surface area contributed by atoms with Gasteiger partial charge in [-0.05, 0) is 12.1 Å². The number of aromatic nitrogens is 1. The highest BCUT2D eigenvalue weighted by atomic mass is 32.2. The van der Waals surface area contributed by atoms with E-state index in [-0.39, 0.29) is 5.75 Å². The van der Waals surface area contributed by atoms with E-state index in [1.54, 1.807) is 13.3 Å². The summed E-state index contributed by atoms with van der Waals surface area (Å²) in [5, 5.41) is 11.2. The van der Waals surface area contributed by atoms with Crippen LogP contribution in [0.1, 0.15) is 0 Å². The molecule has 2 aromatic rings. The number of ether oxygens (including phenoxy) is 1. The third-order valence-corrected chi connectivity index (χ3v) is 3.27. The van der Waals surface area contributed by atoms with Gasteiger partial charge in [-0.15, -0.1) is 0 Å². The van der Waals surface area contributed by atoms with Crippen LogP contribution >= 0.6 is 11.8 Å². The van der Waals surface area contributed by atoms with Gasteiger partial charge >= 0.3 is 5.97 Å². The Morgan fingerprint density at radius 2 is 2.24 bits per heavy atom. The Kier molecular flexibility index (Phi) is 3.49. The van der Waals surface area contributed by atoms with Crippen LogP contribution in [0.15, 0.2) is 35.5 Å². The minimum atomic E-state index is -0.850. The molecule has 0 amide bonds. The molecule has 1 aromatic carbocycles. The number of aliphatic carboxylic acids is 1. The van der Waals surface area contributed by atoms with E-state index in [0.29, 0.717) is 5.03 Å². The van der Waals surface area contributed by atoms with Crippen LogP contribution in [0.3, 0.4) is 0 Å². The second-order valence-electron chi connectivity index (χ2n) is 3.35. The molecule has 0 fully saturated rings. The van der Waals surface area contributed by atoms with Gasteiger partial charge in [0, 0.05) is 17.0 Å². The lowest BCUT2D eigenvalue weighted by Gasteiger charge is -2.07. The number of rotatable bonds is 4. The lowest BCUT2D eigenvalue weighted by molar-refractivity contribution is -0.133. The van der Waals surface area contributed by atoms with Crippen molar-refractivity contribution in [3.63, 3.8) is 0 Å². The van der Waals surface area contributed by atoms with Gasteiger partial charge in [0.2, 0.25) is 0 Å². The Hall–Kier alpha value is -1.75. The van der Waals surface area contributed by atoms with E-state index in [4.69, 9.17) is 9.84 Å². The first-order valence-electron chi connectivity index (χ1n) is 4.98. The topological polar surface area (TPSA) is 59.4 Å². The van der Waals surface area contributed by atoms with E-state index >= 15 is 0 Å².